The highest BCUT2D eigenvalue weighted by molar-refractivity contribution is 5.93. The molecule has 17 heavy (non-hydrogen) atoms. The molecule has 0 bridgehead atoms. The van der Waals surface area contributed by atoms with Crippen molar-refractivity contribution in [2.75, 3.05) is 32.1 Å². The molecule has 0 aliphatic heterocycles. The van der Waals surface area contributed by atoms with Crippen molar-refractivity contribution in [1.29, 1.82) is 0 Å². The summed E-state index contributed by atoms with van der Waals surface area (Å²) in [6.07, 6.45) is 4.38. The second kappa shape index (κ2) is 6.30. The first-order valence-electron chi connectivity index (χ1n) is 5.78. The third-order valence-electron chi connectivity index (χ3n) is 2.54. The van der Waals surface area contributed by atoms with Crippen LogP contribution in [-0.2, 0) is 4.79 Å². The summed E-state index contributed by atoms with van der Waals surface area (Å²) >= 11 is 0. The topological polar surface area (TPSA) is 49.3 Å². The van der Waals surface area contributed by atoms with Crippen LogP contribution in [0, 0.1) is 6.92 Å². The Balaban J connectivity index is 2.60. The van der Waals surface area contributed by atoms with Crippen molar-refractivity contribution in [2.45, 2.75) is 20.3 Å². The maximum atomic E-state index is 11.9. The van der Waals surface area contributed by atoms with Crippen LogP contribution >= 0.6 is 0 Å². The highest BCUT2D eigenvalue weighted by Crippen LogP contribution is 2.09. The van der Waals surface area contributed by atoms with Gasteiger partial charge in [-0.15, -0.1) is 0 Å². The van der Waals surface area contributed by atoms with Gasteiger partial charge in [-0.3, -0.25) is 9.69 Å². The normalized spacial score (nSPS) is 10.6. The van der Waals surface area contributed by atoms with E-state index in [-0.39, 0.29) is 5.91 Å². The Hall–Kier alpha value is -1.49. The summed E-state index contributed by atoms with van der Waals surface area (Å²) in [4.78, 5) is 23.7. The molecule has 0 N–H and O–H groups in total. The molecule has 0 fully saturated rings. The number of likely N-dealkylation sites (N-methyl/N-ethyl adjacent to an activating group) is 2. The van der Waals surface area contributed by atoms with Gasteiger partial charge >= 0.3 is 0 Å². The minimum absolute atomic E-state index is 0.0494. The van der Waals surface area contributed by atoms with Gasteiger partial charge in [0.05, 0.1) is 24.6 Å². The SMILES string of the molecule is CCCN(C)CC(=O)N(C)c1cnc(C)nc1. The molecule has 5 nitrogen and oxygen atoms in total. The molecule has 94 valence electrons. The highest BCUT2D eigenvalue weighted by Gasteiger charge is 2.13. The fraction of sp³-hybridized carbons (Fsp3) is 0.583. The van der Waals surface area contributed by atoms with E-state index < -0.39 is 0 Å². The first-order chi connectivity index (χ1) is 8.04. The second-order valence-electron chi connectivity index (χ2n) is 4.18. The Kier molecular flexibility index (Phi) is 5.03. The average molecular weight is 236 g/mol. The van der Waals surface area contributed by atoms with Gasteiger partial charge in [0.15, 0.2) is 0 Å². The Morgan fingerprint density at radius 1 is 1.29 bits per heavy atom. The van der Waals surface area contributed by atoms with E-state index in [4.69, 9.17) is 0 Å². The number of rotatable bonds is 5. The molecular weight excluding hydrogens is 216 g/mol. The predicted octanol–water partition coefficient (Wildman–Crippen LogP) is 1.09. The van der Waals surface area contributed by atoms with E-state index >= 15 is 0 Å². The number of hydrogen-bond donors (Lipinski definition) is 0. The van der Waals surface area contributed by atoms with Gasteiger partial charge in [-0.2, -0.15) is 0 Å². The second-order valence-corrected chi connectivity index (χ2v) is 4.18. The molecule has 1 aromatic heterocycles. The van der Waals surface area contributed by atoms with Gasteiger partial charge in [0.2, 0.25) is 5.91 Å². The van der Waals surface area contributed by atoms with E-state index in [0.29, 0.717) is 12.4 Å². The lowest BCUT2D eigenvalue weighted by Crippen LogP contribution is -2.37. The molecule has 1 amide bonds. The average Bonchev–Trinajstić information content (AvgIpc) is 2.29. The number of carbonyl (C=O) groups excluding carboxylic acids is 1. The first kappa shape index (κ1) is 13.6. The molecule has 1 aromatic rings. The molecule has 1 heterocycles. The van der Waals surface area contributed by atoms with Crippen molar-refractivity contribution in [1.82, 2.24) is 14.9 Å². The van der Waals surface area contributed by atoms with Crippen LogP contribution in [0.15, 0.2) is 12.4 Å². The van der Waals surface area contributed by atoms with Crippen LogP contribution in [0.3, 0.4) is 0 Å². The zero-order valence-electron chi connectivity index (χ0n) is 11.0. The lowest BCUT2D eigenvalue weighted by atomic mass is 10.4. The van der Waals surface area contributed by atoms with Gasteiger partial charge in [-0.1, -0.05) is 6.92 Å². The third-order valence-corrected chi connectivity index (χ3v) is 2.54. The van der Waals surface area contributed by atoms with E-state index in [1.165, 1.54) is 0 Å². The zero-order valence-corrected chi connectivity index (χ0v) is 11.0. The van der Waals surface area contributed by atoms with Gasteiger partial charge in [-0.25, -0.2) is 9.97 Å². The van der Waals surface area contributed by atoms with Crippen LogP contribution in [0.5, 0.6) is 0 Å². The Morgan fingerprint density at radius 2 is 1.88 bits per heavy atom. The lowest BCUT2D eigenvalue weighted by Gasteiger charge is -2.21. The van der Waals surface area contributed by atoms with Crippen molar-refractivity contribution in [3.8, 4) is 0 Å². The quantitative estimate of drug-likeness (QED) is 0.768. The number of anilines is 1. The molecule has 0 unspecified atom stereocenters. The van der Waals surface area contributed by atoms with Gasteiger partial charge in [0, 0.05) is 7.05 Å². The summed E-state index contributed by atoms with van der Waals surface area (Å²) in [6.45, 7) is 5.25. The predicted molar refractivity (Wildman–Crippen MR) is 68.0 cm³/mol. The highest BCUT2D eigenvalue weighted by atomic mass is 16.2. The van der Waals surface area contributed by atoms with Gasteiger partial charge in [-0.05, 0) is 26.9 Å². The minimum Gasteiger partial charge on any atom is -0.312 e. The molecule has 0 aromatic carbocycles. The largest absolute Gasteiger partial charge is 0.312 e. The number of hydrogen-bond acceptors (Lipinski definition) is 4. The molecule has 0 spiro atoms. The summed E-state index contributed by atoms with van der Waals surface area (Å²) in [5.74, 6) is 0.756. The van der Waals surface area contributed by atoms with Gasteiger partial charge in [0.25, 0.3) is 0 Å². The minimum atomic E-state index is 0.0494. The van der Waals surface area contributed by atoms with E-state index in [1.807, 2.05) is 18.9 Å². The molecule has 0 aliphatic carbocycles. The molecule has 5 heteroatoms. The smallest absolute Gasteiger partial charge is 0.240 e. The lowest BCUT2D eigenvalue weighted by molar-refractivity contribution is -0.119. The van der Waals surface area contributed by atoms with Gasteiger partial charge < -0.3 is 4.90 Å². The maximum Gasteiger partial charge on any atom is 0.240 e. The molecule has 0 saturated heterocycles. The Morgan fingerprint density at radius 3 is 2.41 bits per heavy atom. The van der Waals surface area contributed by atoms with Crippen LogP contribution in [0.4, 0.5) is 5.69 Å². The fourth-order valence-electron chi connectivity index (χ4n) is 1.50. The van der Waals surface area contributed by atoms with Crippen LogP contribution in [0.1, 0.15) is 19.2 Å². The van der Waals surface area contributed by atoms with Crippen LogP contribution < -0.4 is 4.90 Å². The number of amides is 1. The summed E-state index contributed by atoms with van der Waals surface area (Å²) in [5.41, 5.74) is 0.727. The molecule has 1 rings (SSSR count). The van der Waals surface area contributed by atoms with Crippen molar-refractivity contribution in [3.63, 3.8) is 0 Å². The zero-order chi connectivity index (χ0) is 12.8. The number of carbonyl (C=O) groups is 1. The van der Waals surface area contributed by atoms with Crippen molar-refractivity contribution < 1.29 is 4.79 Å². The summed E-state index contributed by atoms with van der Waals surface area (Å²) in [5, 5.41) is 0. The van der Waals surface area contributed by atoms with Crippen molar-refractivity contribution in [2.24, 2.45) is 0 Å². The van der Waals surface area contributed by atoms with E-state index in [9.17, 15) is 4.79 Å². The van der Waals surface area contributed by atoms with Gasteiger partial charge in [0.1, 0.15) is 5.82 Å². The van der Waals surface area contributed by atoms with Crippen molar-refractivity contribution >= 4 is 11.6 Å². The van der Waals surface area contributed by atoms with E-state index in [0.717, 1.165) is 18.7 Å². The molecule has 0 aliphatic rings. The van der Waals surface area contributed by atoms with E-state index in [2.05, 4.69) is 16.9 Å². The number of aryl methyl sites for hydroxylation is 1. The van der Waals surface area contributed by atoms with Crippen molar-refractivity contribution in [3.05, 3.63) is 18.2 Å². The molecule has 0 atom stereocenters. The first-order valence-corrected chi connectivity index (χ1v) is 5.78. The van der Waals surface area contributed by atoms with Crippen LogP contribution in [0.25, 0.3) is 0 Å². The monoisotopic (exact) mass is 236 g/mol. The summed E-state index contributed by atoms with van der Waals surface area (Å²) < 4.78 is 0. The molecular formula is C12H20N4O. The third kappa shape index (κ3) is 4.11. The fourth-order valence-corrected chi connectivity index (χ4v) is 1.50. The summed E-state index contributed by atoms with van der Waals surface area (Å²) in [7, 11) is 3.69. The standard InChI is InChI=1S/C12H20N4O/c1-5-6-15(3)9-12(17)16(4)11-7-13-10(2)14-8-11/h7-8H,5-6,9H2,1-4H3. The van der Waals surface area contributed by atoms with Crippen LogP contribution in [-0.4, -0.2) is 48.0 Å². The van der Waals surface area contributed by atoms with E-state index in [1.54, 1.807) is 24.3 Å². The number of nitrogens with zero attached hydrogens (tertiary/aromatic N) is 4. The molecule has 0 saturated carbocycles. The maximum absolute atomic E-state index is 11.9. The Bertz CT molecular complexity index is 363. The van der Waals surface area contributed by atoms with Crippen LogP contribution in [0.2, 0.25) is 0 Å². The molecule has 0 radical (unpaired) electrons. The summed E-state index contributed by atoms with van der Waals surface area (Å²) in [6, 6.07) is 0. The Labute approximate surface area is 102 Å². The number of aromatic nitrogens is 2.